The van der Waals surface area contributed by atoms with Crippen molar-refractivity contribution >= 4 is 33.4 Å². The maximum absolute atomic E-state index is 11.9. The molecule has 0 aliphatic carbocycles. The summed E-state index contributed by atoms with van der Waals surface area (Å²) in [6, 6.07) is 0. The summed E-state index contributed by atoms with van der Waals surface area (Å²) in [7, 11) is -3.13. The van der Waals surface area contributed by atoms with Gasteiger partial charge in [0.05, 0.1) is 17.4 Å². The Labute approximate surface area is 151 Å². The second kappa shape index (κ2) is 8.13. The largest absolute Gasteiger partial charge is 0.273 e. The molecule has 25 heavy (non-hydrogen) atoms. The molecule has 0 bridgehead atoms. The third-order valence-electron chi connectivity index (χ3n) is 4.11. The monoisotopic (exact) mass is 386 g/mol. The number of hydrogen-bond acceptors (Lipinski definition) is 7. The first-order chi connectivity index (χ1) is 11.7. The van der Waals surface area contributed by atoms with Gasteiger partial charge in [0.1, 0.15) is 0 Å². The van der Waals surface area contributed by atoms with Crippen LogP contribution in [0.2, 0.25) is 0 Å². The molecule has 0 spiro atoms. The Hall–Kier alpha value is -1.68. The van der Waals surface area contributed by atoms with E-state index < -0.39 is 21.7 Å². The molecule has 1 atom stereocenters. The molecule has 0 unspecified atom stereocenters. The fourth-order valence-corrected chi connectivity index (χ4v) is 4.90. The van der Waals surface area contributed by atoms with Gasteiger partial charge in [0, 0.05) is 17.8 Å². The molecule has 138 valence electrons. The summed E-state index contributed by atoms with van der Waals surface area (Å²) in [6.07, 6.45) is 2.83. The van der Waals surface area contributed by atoms with Crippen LogP contribution in [0.4, 0.5) is 0 Å². The predicted molar refractivity (Wildman–Crippen MR) is 94.7 cm³/mol. The molecule has 2 heterocycles. The smallest absolute Gasteiger partial charge is 0.242 e. The highest BCUT2D eigenvalue weighted by Crippen LogP contribution is 2.18. The van der Waals surface area contributed by atoms with Crippen LogP contribution in [-0.2, 0) is 25.8 Å². The van der Waals surface area contributed by atoms with Crippen LogP contribution >= 0.6 is 11.8 Å². The lowest BCUT2D eigenvalue weighted by Gasteiger charge is -2.12. The van der Waals surface area contributed by atoms with Crippen molar-refractivity contribution in [1.29, 1.82) is 0 Å². The summed E-state index contributed by atoms with van der Waals surface area (Å²) in [5.41, 5.74) is 7.24. The second-order valence-electron chi connectivity index (χ2n) is 6.00. The summed E-state index contributed by atoms with van der Waals surface area (Å²) >= 11 is 1.46. The molecular weight excluding hydrogens is 364 g/mol. The summed E-state index contributed by atoms with van der Waals surface area (Å²) in [4.78, 5) is 32.5. The van der Waals surface area contributed by atoms with Crippen molar-refractivity contribution in [3.05, 3.63) is 17.0 Å². The zero-order valence-corrected chi connectivity index (χ0v) is 16.1. The van der Waals surface area contributed by atoms with E-state index in [0.717, 1.165) is 17.0 Å². The van der Waals surface area contributed by atoms with E-state index in [1.165, 1.54) is 11.8 Å². The summed E-state index contributed by atoms with van der Waals surface area (Å²) in [6.45, 7) is 3.76. The van der Waals surface area contributed by atoms with E-state index in [2.05, 4.69) is 20.8 Å². The first kappa shape index (κ1) is 19.6. The molecule has 8 nitrogen and oxygen atoms in total. The topological polar surface area (TPSA) is 118 Å². The lowest BCUT2D eigenvalue weighted by molar-refractivity contribution is -0.130. The van der Waals surface area contributed by atoms with Crippen molar-refractivity contribution in [3.63, 3.8) is 0 Å². The normalized spacial score (nSPS) is 18.8. The summed E-state index contributed by atoms with van der Waals surface area (Å²) in [5.74, 6) is -1.55. The van der Waals surface area contributed by atoms with Crippen molar-refractivity contribution in [1.82, 2.24) is 20.8 Å². The maximum atomic E-state index is 11.9. The molecule has 1 fully saturated rings. The Balaban J connectivity index is 1.82. The van der Waals surface area contributed by atoms with Gasteiger partial charge in [-0.3, -0.25) is 20.4 Å². The molecular formula is C15H22N4O4S2. The number of carbonyl (C=O) groups is 2. The van der Waals surface area contributed by atoms with Crippen LogP contribution in [0, 0.1) is 19.8 Å². The molecule has 2 N–H and O–H groups in total. The van der Waals surface area contributed by atoms with Gasteiger partial charge < -0.3 is 0 Å². The van der Waals surface area contributed by atoms with Crippen LogP contribution < -0.4 is 10.9 Å². The Morgan fingerprint density at radius 1 is 1.20 bits per heavy atom. The predicted octanol–water partition coefficient (Wildman–Crippen LogP) is 0.330. The van der Waals surface area contributed by atoms with Gasteiger partial charge in [0.25, 0.3) is 0 Å². The summed E-state index contributed by atoms with van der Waals surface area (Å²) in [5, 5.41) is 0.696. The van der Waals surface area contributed by atoms with Crippen LogP contribution in [0.15, 0.2) is 5.16 Å². The number of hydrazine groups is 1. The van der Waals surface area contributed by atoms with Crippen LogP contribution in [0.1, 0.15) is 29.8 Å². The van der Waals surface area contributed by atoms with Gasteiger partial charge in [-0.2, -0.15) is 0 Å². The van der Waals surface area contributed by atoms with Gasteiger partial charge in [0.15, 0.2) is 15.0 Å². The zero-order valence-electron chi connectivity index (χ0n) is 14.5. The third kappa shape index (κ3) is 5.40. The molecule has 1 aliphatic rings. The van der Waals surface area contributed by atoms with E-state index in [-0.39, 0.29) is 23.8 Å². The average Bonchev–Trinajstić information content (AvgIpc) is 2.91. The number of amides is 2. The van der Waals surface area contributed by atoms with Crippen molar-refractivity contribution in [3.8, 4) is 0 Å². The van der Waals surface area contributed by atoms with Gasteiger partial charge in [-0.15, -0.1) is 0 Å². The van der Waals surface area contributed by atoms with E-state index >= 15 is 0 Å². The molecule has 0 aromatic carbocycles. The Bertz CT molecular complexity index is 757. The van der Waals surface area contributed by atoms with Crippen molar-refractivity contribution in [2.75, 3.05) is 17.8 Å². The Kier molecular flexibility index (Phi) is 6.39. The fraction of sp³-hybridized carbons (Fsp3) is 0.600. The van der Waals surface area contributed by atoms with E-state index in [9.17, 15) is 18.0 Å². The molecule has 1 aromatic rings. The van der Waals surface area contributed by atoms with E-state index in [0.29, 0.717) is 18.0 Å². The number of aromatic nitrogens is 2. The highest BCUT2D eigenvalue weighted by atomic mass is 32.2. The number of rotatable bonds is 5. The molecule has 1 aliphatic heterocycles. The Morgan fingerprint density at radius 2 is 1.84 bits per heavy atom. The van der Waals surface area contributed by atoms with Crippen molar-refractivity contribution in [2.24, 2.45) is 5.92 Å². The first-order valence-corrected chi connectivity index (χ1v) is 10.9. The molecule has 10 heteroatoms. The van der Waals surface area contributed by atoms with Gasteiger partial charge in [-0.05, 0) is 38.5 Å². The number of hydrogen-bond donors (Lipinski definition) is 2. The van der Waals surface area contributed by atoms with Crippen LogP contribution in [0.25, 0.3) is 0 Å². The van der Waals surface area contributed by atoms with Gasteiger partial charge in [0.2, 0.25) is 11.8 Å². The first-order valence-electron chi connectivity index (χ1n) is 7.89. The van der Waals surface area contributed by atoms with Crippen LogP contribution in [0.3, 0.4) is 0 Å². The number of nitrogens with zero attached hydrogens (tertiary/aromatic N) is 2. The number of nitrogens with one attached hydrogen (secondary N) is 2. The minimum absolute atomic E-state index is 0.0175. The minimum atomic E-state index is -3.13. The van der Waals surface area contributed by atoms with Crippen LogP contribution in [0.5, 0.6) is 0 Å². The number of aryl methyl sites for hydroxylation is 2. The quantitative estimate of drug-likeness (QED) is 0.425. The molecule has 0 radical (unpaired) electrons. The number of sulfone groups is 1. The molecule has 1 saturated heterocycles. The van der Waals surface area contributed by atoms with Crippen molar-refractivity contribution < 1.29 is 18.0 Å². The lowest BCUT2D eigenvalue weighted by atomic mass is 10.1. The summed E-state index contributed by atoms with van der Waals surface area (Å²) < 4.78 is 22.7. The zero-order chi connectivity index (χ0) is 18.6. The van der Waals surface area contributed by atoms with Gasteiger partial charge >= 0.3 is 0 Å². The standard InChI is InChI=1S/C15H22N4O4S2/c1-9-12(10(2)17-15(16-9)24-3)4-5-13(20)18-19-14(21)11-6-7-25(22,23)8-11/h11H,4-8H2,1-3H3,(H,18,20)(H,19,21)/t11-/m1/s1. The van der Waals surface area contributed by atoms with Gasteiger partial charge in [-0.25, -0.2) is 18.4 Å². The minimum Gasteiger partial charge on any atom is -0.273 e. The molecule has 2 amide bonds. The van der Waals surface area contributed by atoms with E-state index in [4.69, 9.17) is 0 Å². The fourth-order valence-electron chi connectivity index (χ4n) is 2.70. The maximum Gasteiger partial charge on any atom is 0.242 e. The highest BCUT2D eigenvalue weighted by Gasteiger charge is 2.33. The third-order valence-corrected chi connectivity index (χ3v) is 6.43. The number of carbonyl (C=O) groups excluding carboxylic acids is 2. The van der Waals surface area contributed by atoms with Crippen molar-refractivity contribution in [2.45, 2.75) is 38.3 Å². The van der Waals surface area contributed by atoms with E-state index in [1.54, 1.807) is 0 Å². The van der Waals surface area contributed by atoms with Gasteiger partial charge in [-0.1, -0.05) is 11.8 Å². The molecule has 2 rings (SSSR count). The Morgan fingerprint density at radius 3 is 2.36 bits per heavy atom. The SMILES string of the molecule is CSc1nc(C)c(CCC(=O)NNC(=O)[C@@H]2CCS(=O)(=O)C2)c(C)n1. The average molecular weight is 386 g/mol. The van der Waals surface area contributed by atoms with Crippen LogP contribution in [-0.4, -0.2) is 48.0 Å². The second-order valence-corrected chi connectivity index (χ2v) is 9.00. The molecule has 0 saturated carbocycles. The highest BCUT2D eigenvalue weighted by molar-refractivity contribution is 7.98. The molecule has 1 aromatic heterocycles. The lowest BCUT2D eigenvalue weighted by Crippen LogP contribution is -2.44. The number of thioether (sulfide) groups is 1. The van der Waals surface area contributed by atoms with E-state index in [1.807, 2.05) is 20.1 Å².